The first-order chi connectivity index (χ1) is 6.41. The highest BCUT2D eigenvalue weighted by Crippen LogP contribution is 1.87. The highest BCUT2D eigenvalue weighted by atomic mass is 15.6. The summed E-state index contributed by atoms with van der Waals surface area (Å²) >= 11 is 0. The van der Waals surface area contributed by atoms with E-state index in [0.717, 1.165) is 20.0 Å². The molecule has 0 spiro atoms. The zero-order valence-corrected chi connectivity index (χ0v) is 10.4. The van der Waals surface area contributed by atoms with Gasteiger partial charge in [-0.05, 0) is 42.3 Å². The minimum atomic E-state index is 0.863. The van der Waals surface area contributed by atoms with Crippen molar-refractivity contribution in [3.05, 3.63) is 0 Å². The van der Waals surface area contributed by atoms with E-state index in [4.69, 9.17) is 0 Å². The molecule has 0 amide bonds. The molecule has 1 N–H and O–H groups in total. The van der Waals surface area contributed by atoms with Crippen molar-refractivity contribution < 1.29 is 0 Å². The van der Waals surface area contributed by atoms with E-state index in [-0.39, 0.29) is 0 Å². The molecular formula is C9H25N5. The Bertz CT molecular complexity index is 125. The first-order valence-corrected chi connectivity index (χ1v) is 4.84. The molecule has 0 aliphatic rings. The summed E-state index contributed by atoms with van der Waals surface area (Å²) in [5.74, 6) is 0. The van der Waals surface area contributed by atoms with E-state index >= 15 is 0 Å². The summed E-state index contributed by atoms with van der Waals surface area (Å²) in [4.78, 5) is 6.40. The summed E-state index contributed by atoms with van der Waals surface area (Å²) in [7, 11) is 12.4. The Balaban J connectivity index is 3.84. The summed E-state index contributed by atoms with van der Waals surface area (Å²) in [5, 5.41) is 2.18. The zero-order valence-electron chi connectivity index (χ0n) is 10.4. The maximum Gasteiger partial charge on any atom is 0.0656 e. The molecule has 0 aliphatic carbocycles. The van der Waals surface area contributed by atoms with Crippen LogP contribution < -0.4 is 5.43 Å². The van der Waals surface area contributed by atoms with Gasteiger partial charge < -0.3 is 0 Å². The van der Waals surface area contributed by atoms with Gasteiger partial charge in [0.15, 0.2) is 0 Å². The standard InChI is InChI=1S/C9H25N5/c1-11(2)7-10-14(8-12(3)4)9-13(5)6/h10H,7-9H2,1-6H3. The van der Waals surface area contributed by atoms with Crippen LogP contribution in [-0.2, 0) is 0 Å². The normalized spacial score (nSPS) is 12.4. The summed E-state index contributed by atoms with van der Waals surface area (Å²) < 4.78 is 0. The molecule has 5 nitrogen and oxygen atoms in total. The third kappa shape index (κ3) is 8.40. The summed E-state index contributed by atoms with van der Waals surface area (Å²) in [6.07, 6.45) is 0. The summed E-state index contributed by atoms with van der Waals surface area (Å²) in [6.45, 7) is 2.68. The Hall–Kier alpha value is -0.200. The molecule has 0 atom stereocenters. The maximum atomic E-state index is 3.36. The lowest BCUT2D eigenvalue weighted by Gasteiger charge is -2.30. The molecule has 0 saturated carbocycles. The third-order valence-electron chi connectivity index (χ3n) is 1.52. The van der Waals surface area contributed by atoms with E-state index < -0.39 is 0 Å². The van der Waals surface area contributed by atoms with Crippen LogP contribution in [0.4, 0.5) is 0 Å². The molecule has 0 aromatic heterocycles. The predicted octanol–water partition coefficient (Wildman–Crippen LogP) is -0.650. The van der Waals surface area contributed by atoms with Crippen molar-refractivity contribution in [2.45, 2.75) is 0 Å². The van der Waals surface area contributed by atoms with Crippen molar-refractivity contribution in [1.82, 2.24) is 25.1 Å². The van der Waals surface area contributed by atoms with Gasteiger partial charge in [-0.25, -0.2) is 10.4 Å². The fraction of sp³-hybridized carbons (Fsp3) is 1.00. The van der Waals surface area contributed by atoms with Gasteiger partial charge in [-0.15, -0.1) is 0 Å². The van der Waals surface area contributed by atoms with Gasteiger partial charge in [0, 0.05) is 0 Å². The second-order valence-electron chi connectivity index (χ2n) is 4.38. The molecular weight excluding hydrogens is 178 g/mol. The minimum Gasteiger partial charge on any atom is -0.296 e. The van der Waals surface area contributed by atoms with Crippen molar-refractivity contribution >= 4 is 0 Å². The minimum absolute atomic E-state index is 0.863. The number of rotatable bonds is 7. The Morgan fingerprint density at radius 3 is 1.43 bits per heavy atom. The van der Waals surface area contributed by atoms with Crippen LogP contribution in [0.3, 0.4) is 0 Å². The van der Waals surface area contributed by atoms with E-state index in [1.54, 1.807) is 0 Å². The molecule has 0 aromatic carbocycles. The van der Waals surface area contributed by atoms with Crippen molar-refractivity contribution in [2.24, 2.45) is 0 Å². The topological polar surface area (TPSA) is 25.0 Å². The SMILES string of the molecule is CN(C)CNN(CN(C)C)CN(C)C. The second-order valence-corrected chi connectivity index (χ2v) is 4.38. The molecule has 0 aromatic rings. The molecule has 14 heavy (non-hydrogen) atoms. The molecule has 0 heterocycles. The molecule has 0 radical (unpaired) electrons. The first kappa shape index (κ1) is 13.8. The average molecular weight is 203 g/mol. The summed E-state index contributed by atoms with van der Waals surface area (Å²) in [6, 6.07) is 0. The quantitative estimate of drug-likeness (QED) is 0.438. The van der Waals surface area contributed by atoms with Crippen LogP contribution in [0.25, 0.3) is 0 Å². The highest BCUT2D eigenvalue weighted by Gasteiger charge is 2.06. The number of nitrogens with zero attached hydrogens (tertiary/aromatic N) is 4. The Labute approximate surface area is 88.2 Å². The van der Waals surface area contributed by atoms with E-state index in [9.17, 15) is 0 Å². The Kier molecular flexibility index (Phi) is 7.04. The van der Waals surface area contributed by atoms with E-state index in [0.29, 0.717) is 0 Å². The van der Waals surface area contributed by atoms with E-state index in [1.165, 1.54) is 0 Å². The van der Waals surface area contributed by atoms with E-state index in [2.05, 4.69) is 67.4 Å². The van der Waals surface area contributed by atoms with Crippen LogP contribution in [0.1, 0.15) is 0 Å². The van der Waals surface area contributed by atoms with Gasteiger partial charge in [0.1, 0.15) is 0 Å². The van der Waals surface area contributed by atoms with Crippen molar-refractivity contribution in [3.63, 3.8) is 0 Å². The van der Waals surface area contributed by atoms with Crippen molar-refractivity contribution in [1.29, 1.82) is 0 Å². The van der Waals surface area contributed by atoms with Gasteiger partial charge in [-0.3, -0.25) is 14.7 Å². The van der Waals surface area contributed by atoms with E-state index in [1.807, 2.05) is 0 Å². The average Bonchev–Trinajstić information content (AvgIpc) is 1.97. The van der Waals surface area contributed by atoms with Gasteiger partial charge in [-0.2, -0.15) is 0 Å². The monoisotopic (exact) mass is 203 g/mol. The van der Waals surface area contributed by atoms with Crippen LogP contribution in [0.2, 0.25) is 0 Å². The molecule has 0 saturated heterocycles. The van der Waals surface area contributed by atoms with Crippen LogP contribution in [0.15, 0.2) is 0 Å². The second kappa shape index (κ2) is 7.14. The van der Waals surface area contributed by atoms with Gasteiger partial charge in [-0.1, -0.05) is 0 Å². The largest absolute Gasteiger partial charge is 0.296 e. The molecule has 0 aliphatic heterocycles. The van der Waals surface area contributed by atoms with Gasteiger partial charge >= 0.3 is 0 Å². The fourth-order valence-electron chi connectivity index (χ4n) is 1.07. The molecule has 0 unspecified atom stereocenters. The zero-order chi connectivity index (χ0) is 11.1. The smallest absolute Gasteiger partial charge is 0.0656 e. The van der Waals surface area contributed by atoms with Gasteiger partial charge in [0.2, 0.25) is 0 Å². The van der Waals surface area contributed by atoms with Crippen molar-refractivity contribution in [2.75, 3.05) is 62.3 Å². The van der Waals surface area contributed by atoms with Gasteiger partial charge in [0.05, 0.1) is 20.0 Å². The lowest BCUT2D eigenvalue weighted by molar-refractivity contribution is 0.0516. The molecule has 0 bridgehead atoms. The van der Waals surface area contributed by atoms with Gasteiger partial charge in [0.25, 0.3) is 0 Å². The van der Waals surface area contributed by atoms with Crippen LogP contribution >= 0.6 is 0 Å². The number of hydrogen-bond donors (Lipinski definition) is 1. The number of hydrazine groups is 1. The number of hydrogen-bond acceptors (Lipinski definition) is 5. The van der Waals surface area contributed by atoms with Crippen LogP contribution in [-0.4, -0.2) is 82.0 Å². The third-order valence-corrected chi connectivity index (χ3v) is 1.52. The molecule has 5 heteroatoms. The predicted molar refractivity (Wildman–Crippen MR) is 60.6 cm³/mol. The van der Waals surface area contributed by atoms with Crippen molar-refractivity contribution in [3.8, 4) is 0 Å². The fourth-order valence-corrected chi connectivity index (χ4v) is 1.07. The molecule has 0 fully saturated rings. The summed E-state index contributed by atoms with van der Waals surface area (Å²) in [5.41, 5.74) is 3.36. The highest BCUT2D eigenvalue weighted by molar-refractivity contribution is 4.49. The number of nitrogens with one attached hydrogen (secondary N) is 1. The first-order valence-electron chi connectivity index (χ1n) is 4.84. The lowest BCUT2D eigenvalue weighted by atomic mass is 10.7. The van der Waals surface area contributed by atoms with Crippen LogP contribution in [0.5, 0.6) is 0 Å². The molecule has 0 rings (SSSR count). The van der Waals surface area contributed by atoms with Crippen LogP contribution in [0, 0.1) is 0 Å². The lowest BCUT2D eigenvalue weighted by Crippen LogP contribution is -2.50. The molecule has 86 valence electrons. The Morgan fingerprint density at radius 2 is 1.14 bits per heavy atom. The maximum absolute atomic E-state index is 3.36. The Morgan fingerprint density at radius 1 is 0.714 bits per heavy atom.